The quantitative estimate of drug-likeness (QED) is 0.332. The lowest BCUT2D eigenvalue weighted by atomic mass is 10.4. The van der Waals surface area contributed by atoms with E-state index in [0.29, 0.717) is 0 Å². The molecule has 0 radical (unpaired) electrons. The minimum Gasteiger partial charge on any atom is -0.438 e. The summed E-state index contributed by atoms with van der Waals surface area (Å²) < 4.78 is 4.13. The number of ether oxygens (including phenoxy) is 1. The molecule has 10 heavy (non-hydrogen) atoms. The fraction of sp³-hybridized carbons (Fsp3) is 0.500. The van der Waals surface area contributed by atoms with Crippen LogP contribution in [-0.2, 0) is 9.53 Å². The fourth-order valence-electron chi connectivity index (χ4n) is 0.243. The Bertz CT molecular complexity index is 162. The minimum absolute atomic E-state index is 0.475. The van der Waals surface area contributed by atoms with Crippen molar-refractivity contribution in [3.05, 3.63) is 0 Å². The number of alkyl halides is 1. The lowest BCUT2D eigenvalue weighted by Crippen LogP contribution is -2.30. The van der Waals surface area contributed by atoms with Crippen molar-refractivity contribution in [1.82, 2.24) is 0 Å². The van der Waals surface area contributed by atoms with Crippen LogP contribution in [0.15, 0.2) is 0 Å². The molecule has 0 heterocycles. The predicted octanol–water partition coefficient (Wildman–Crippen LogP) is 0.271. The maximum atomic E-state index is 10.7. The first-order valence-electron chi connectivity index (χ1n) is 2.64. The van der Waals surface area contributed by atoms with Gasteiger partial charge in [0.25, 0.3) is 0 Å². The monoisotopic (exact) mass is 253 g/mol. The summed E-state index contributed by atoms with van der Waals surface area (Å²) in [5, 5.41) is 0. The highest BCUT2D eigenvalue weighted by molar-refractivity contribution is 14.1. The van der Waals surface area contributed by atoms with Crippen LogP contribution < -0.4 is 5.73 Å². The lowest BCUT2D eigenvalue weighted by Gasteiger charge is -2.07. The highest BCUT2D eigenvalue weighted by Gasteiger charge is 2.11. The maximum absolute atomic E-state index is 10.7. The molecule has 4 heteroatoms. The first kappa shape index (κ1) is 9.72. The number of halogens is 1. The van der Waals surface area contributed by atoms with E-state index >= 15 is 0 Å². The van der Waals surface area contributed by atoms with E-state index < -0.39 is 16.1 Å². The Kier molecular flexibility index (Phi) is 4.40. The van der Waals surface area contributed by atoms with Crippen molar-refractivity contribution in [3.8, 4) is 12.3 Å². The highest BCUT2D eigenvalue weighted by atomic mass is 127. The molecule has 0 aliphatic rings. The van der Waals surface area contributed by atoms with Crippen LogP contribution in [0.2, 0.25) is 0 Å². The number of esters is 1. The van der Waals surface area contributed by atoms with Gasteiger partial charge >= 0.3 is 5.97 Å². The molecule has 0 fully saturated rings. The van der Waals surface area contributed by atoms with Crippen molar-refractivity contribution >= 4 is 28.6 Å². The zero-order valence-corrected chi connectivity index (χ0v) is 7.66. The average Bonchev–Trinajstić information content (AvgIpc) is 1.87. The van der Waals surface area contributed by atoms with E-state index in [0.717, 1.165) is 0 Å². The molecule has 0 bridgehead atoms. The van der Waals surface area contributed by atoms with Gasteiger partial charge in [-0.3, -0.25) is 4.79 Å². The second kappa shape index (κ2) is 4.52. The summed E-state index contributed by atoms with van der Waals surface area (Å²) >= 11 is 1.82. The van der Waals surface area contributed by atoms with Crippen LogP contribution in [0, 0.1) is 12.3 Å². The molecule has 0 saturated carbocycles. The van der Waals surface area contributed by atoms with Crippen molar-refractivity contribution in [3.63, 3.8) is 0 Å². The zero-order chi connectivity index (χ0) is 8.15. The molecule has 0 aromatic carbocycles. The third-order valence-corrected chi connectivity index (χ3v) is 1.34. The van der Waals surface area contributed by atoms with E-state index in [4.69, 9.17) is 12.2 Å². The van der Waals surface area contributed by atoms with E-state index in [1.165, 1.54) is 0 Å². The smallest absolute Gasteiger partial charge is 0.324 e. The number of hydrogen-bond donors (Lipinski definition) is 1. The minimum atomic E-state index is -0.606. The Morgan fingerprint density at radius 3 is 2.70 bits per heavy atom. The van der Waals surface area contributed by atoms with Crippen molar-refractivity contribution in [2.45, 2.75) is 17.1 Å². The number of carbonyl (C=O) groups excluding carboxylic acids is 1. The molecular formula is C6H8INO2. The van der Waals surface area contributed by atoms with Gasteiger partial charge in [0.15, 0.2) is 0 Å². The van der Waals surface area contributed by atoms with Crippen molar-refractivity contribution in [2.75, 3.05) is 0 Å². The number of carbonyl (C=O) groups is 1. The number of nitrogens with two attached hydrogens (primary N) is 1. The van der Waals surface area contributed by atoms with Crippen LogP contribution in [0.4, 0.5) is 0 Å². The predicted molar refractivity (Wildman–Crippen MR) is 46.4 cm³/mol. The van der Waals surface area contributed by atoms with E-state index in [1.54, 1.807) is 6.92 Å². The van der Waals surface area contributed by atoms with Gasteiger partial charge in [-0.25, -0.2) is 0 Å². The van der Waals surface area contributed by atoms with Crippen molar-refractivity contribution in [1.29, 1.82) is 0 Å². The fourth-order valence-corrected chi connectivity index (χ4v) is 0.494. The summed E-state index contributed by atoms with van der Waals surface area (Å²) in [4.78, 5) is 10.7. The molecule has 0 aromatic rings. The Morgan fingerprint density at radius 2 is 2.40 bits per heavy atom. The molecule has 56 valence electrons. The van der Waals surface area contributed by atoms with E-state index in [2.05, 4.69) is 10.7 Å². The molecule has 0 rings (SSSR count). The first-order valence-corrected chi connectivity index (χ1v) is 3.88. The van der Waals surface area contributed by atoms with Gasteiger partial charge in [-0.15, -0.1) is 6.42 Å². The molecule has 3 nitrogen and oxygen atoms in total. The van der Waals surface area contributed by atoms with E-state index in [9.17, 15) is 4.79 Å². The second-order valence-corrected chi connectivity index (χ2v) is 2.84. The first-order chi connectivity index (χ1) is 4.57. The Morgan fingerprint density at radius 1 is 1.90 bits per heavy atom. The normalized spacial score (nSPS) is 15.0. The molecule has 0 aliphatic heterocycles. The van der Waals surface area contributed by atoms with Gasteiger partial charge in [0.1, 0.15) is 6.04 Å². The van der Waals surface area contributed by atoms with Crippen LogP contribution in [0.5, 0.6) is 0 Å². The van der Waals surface area contributed by atoms with Gasteiger partial charge < -0.3 is 10.5 Å². The summed E-state index contributed by atoms with van der Waals surface area (Å²) in [6, 6.07) is -0.606. The molecular weight excluding hydrogens is 245 g/mol. The summed E-state index contributed by atoms with van der Waals surface area (Å²) in [5.41, 5.74) is 5.19. The zero-order valence-electron chi connectivity index (χ0n) is 5.50. The van der Waals surface area contributed by atoms with Crippen LogP contribution >= 0.6 is 22.6 Å². The third-order valence-electron chi connectivity index (χ3n) is 0.722. The number of terminal acetylenes is 1. The van der Waals surface area contributed by atoms with Gasteiger partial charge in [0.2, 0.25) is 4.11 Å². The molecule has 0 saturated heterocycles. The van der Waals surface area contributed by atoms with Crippen LogP contribution in [-0.4, -0.2) is 16.1 Å². The summed E-state index contributed by atoms with van der Waals surface area (Å²) in [6.07, 6.45) is 4.94. The summed E-state index contributed by atoms with van der Waals surface area (Å²) in [6.45, 7) is 1.54. The van der Waals surface area contributed by atoms with Gasteiger partial charge in [-0.2, -0.15) is 0 Å². The van der Waals surface area contributed by atoms with Gasteiger partial charge in [-0.1, -0.05) is 5.92 Å². The SMILES string of the molecule is C#CC(I)OC(=O)[C@@H](C)N. The topological polar surface area (TPSA) is 52.3 Å². The molecule has 0 amide bonds. The standard InChI is InChI=1S/C6H8INO2/c1-3-5(7)10-6(9)4(2)8/h1,4-5H,8H2,2H3/t4-,5?/m1/s1. The maximum Gasteiger partial charge on any atom is 0.324 e. The molecule has 2 atom stereocenters. The van der Waals surface area contributed by atoms with Gasteiger partial charge in [0.05, 0.1) is 0 Å². The van der Waals surface area contributed by atoms with Crippen LogP contribution in [0.25, 0.3) is 0 Å². The summed E-state index contributed by atoms with van der Waals surface area (Å²) in [7, 11) is 0. The van der Waals surface area contributed by atoms with Crippen molar-refractivity contribution < 1.29 is 9.53 Å². The molecule has 0 aromatic heterocycles. The van der Waals surface area contributed by atoms with Gasteiger partial charge in [0, 0.05) is 0 Å². The largest absolute Gasteiger partial charge is 0.438 e. The molecule has 0 aliphatic carbocycles. The second-order valence-electron chi connectivity index (χ2n) is 1.71. The third kappa shape index (κ3) is 3.69. The van der Waals surface area contributed by atoms with E-state index in [1.807, 2.05) is 22.6 Å². The van der Waals surface area contributed by atoms with Crippen LogP contribution in [0.1, 0.15) is 6.92 Å². The molecule has 2 N–H and O–H groups in total. The van der Waals surface area contributed by atoms with Crippen molar-refractivity contribution in [2.24, 2.45) is 5.73 Å². The Hall–Kier alpha value is -0.280. The Balaban J connectivity index is 3.71. The van der Waals surface area contributed by atoms with E-state index in [-0.39, 0.29) is 0 Å². The summed E-state index contributed by atoms with van der Waals surface area (Å²) in [5.74, 6) is 1.76. The molecule has 0 spiro atoms. The van der Waals surface area contributed by atoms with Crippen LogP contribution in [0.3, 0.4) is 0 Å². The highest BCUT2D eigenvalue weighted by Crippen LogP contribution is 2.01. The van der Waals surface area contributed by atoms with Gasteiger partial charge in [-0.05, 0) is 29.5 Å². The number of rotatable bonds is 2. The lowest BCUT2D eigenvalue weighted by molar-refractivity contribution is -0.143. The average molecular weight is 253 g/mol. The Labute approximate surface area is 73.4 Å². The molecule has 1 unspecified atom stereocenters. The number of hydrogen-bond acceptors (Lipinski definition) is 3.